The van der Waals surface area contributed by atoms with Crippen molar-refractivity contribution in [3.05, 3.63) is 72.1 Å². The molecule has 0 bridgehead atoms. The molecule has 0 aliphatic heterocycles. The molecule has 3 N–H and O–H groups in total. The lowest BCUT2D eigenvalue weighted by atomic mass is 10.0. The highest BCUT2D eigenvalue weighted by molar-refractivity contribution is 6.02. The lowest BCUT2D eigenvalue weighted by molar-refractivity contribution is -0.115. The molecule has 0 unspecified atom stereocenters. The SMILES string of the molecule is CNC(=O)c1[nH]ncc1NC(=O)Cc1ccc(-c2ccccc2)cc1. The summed E-state index contributed by atoms with van der Waals surface area (Å²) in [5, 5.41) is 11.6. The van der Waals surface area contributed by atoms with Crippen LogP contribution in [0.2, 0.25) is 0 Å². The minimum atomic E-state index is -0.333. The molecule has 6 heteroatoms. The topological polar surface area (TPSA) is 86.9 Å². The second-order valence-corrected chi connectivity index (χ2v) is 5.53. The Morgan fingerprint density at radius 2 is 1.68 bits per heavy atom. The summed E-state index contributed by atoms with van der Waals surface area (Å²) in [4.78, 5) is 23.9. The molecular weight excluding hydrogens is 316 g/mol. The van der Waals surface area contributed by atoms with Crippen molar-refractivity contribution in [1.82, 2.24) is 15.5 Å². The third-order valence-corrected chi connectivity index (χ3v) is 3.79. The molecule has 0 fully saturated rings. The average molecular weight is 334 g/mol. The minimum Gasteiger partial charge on any atom is -0.354 e. The summed E-state index contributed by atoms with van der Waals surface area (Å²) in [5.41, 5.74) is 3.72. The predicted molar refractivity (Wildman–Crippen MR) is 96.2 cm³/mol. The maximum atomic E-state index is 12.2. The number of H-pyrrole nitrogens is 1. The quantitative estimate of drug-likeness (QED) is 0.670. The van der Waals surface area contributed by atoms with Gasteiger partial charge in [-0.25, -0.2) is 0 Å². The van der Waals surface area contributed by atoms with Crippen molar-refractivity contribution >= 4 is 17.5 Å². The highest BCUT2D eigenvalue weighted by Gasteiger charge is 2.14. The van der Waals surface area contributed by atoms with E-state index in [0.29, 0.717) is 5.69 Å². The third-order valence-electron chi connectivity index (χ3n) is 3.79. The zero-order valence-corrected chi connectivity index (χ0v) is 13.7. The van der Waals surface area contributed by atoms with Crippen molar-refractivity contribution in [2.24, 2.45) is 0 Å². The molecule has 3 rings (SSSR count). The first-order chi connectivity index (χ1) is 12.2. The fraction of sp³-hybridized carbons (Fsp3) is 0.105. The van der Waals surface area contributed by atoms with Gasteiger partial charge >= 0.3 is 0 Å². The van der Waals surface area contributed by atoms with Gasteiger partial charge in [-0.1, -0.05) is 54.6 Å². The molecule has 1 heterocycles. The fourth-order valence-corrected chi connectivity index (χ4v) is 2.50. The van der Waals surface area contributed by atoms with Crippen LogP contribution in [0.25, 0.3) is 11.1 Å². The van der Waals surface area contributed by atoms with Crippen molar-refractivity contribution in [2.75, 3.05) is 12.4 Å². The van der Waals surface area contributed by atoms with E-state index >= 15 is 0 Å². The number of aromatic amines is 1. The Bertz CT molecular complexity index is 870. The van der Waals surface area contributed by atoms with Gasteiger partial charge in [0.05, 0.1) is 18.3 Å². The standard InChI is InChI=1S/C19H18N4O2/c1-20-19(25)18-16(12-21-23-18)22-17(24)11-13-7-9-15(10-8-13)14-5-3-2-4-6-14/h2-10,12H,11H2,1H3,(H,20,25)(H,21,23)(H,22,24). The average Bonchev–Trinajstić information content (AvgIpc) is 3.10. The van der Waals surface area contributed by atoms with Crippen molar-refractivity contribution in [2.45, 2.75) is 6.42 Å². The van der Waals surface area contributed by atoms with E-state index in [1.807, 2.05) is 54.6 Å². The van der Waals surface area contributed by atoms with Gasteiger partial charge in [-0.2, -0.15) is 5.10 Å². The van der Waals surface area contributed by atoms with E-state index < -0.39 is 0 Å². The molecule has 0 aliphatic rings. The molecule has 0 spiro atoms. The number of aromatic nitrogens is 2. The second-order valence-electron chi connectivity index (χ2n) is 5.53. The van der Waals surface area contributed by atoms with E-state index in [4.69, 9.17) is 0 Å². The van der Waals surface area contributed by atoms with Crippen LogP contribution in [0.4, 0.5) is 5.69 Å². The van der Waals surface area contributed by atoms with Crippen LogP contribution < -0.4 is 10.6 Å². The number of nitrogens with one attached hydrogen (secondary N) is 3. The number of amides is 2. The molecule has 2 amide bonds. The van der Waals surface area contributed by atoms with E-state index in [1.54, 1.807) is 0 Å². The van der Waals surface area contributed by atoms with Gasteiger partial charge in [0.1, 0.15) is 5.69 Å². The van der Waals surface area contributed by atoms with Crippen LogP contribution in [0.3, 0.4) is 0 Å². The summed E-state index contributed by atoms with van der Waals surface area (Å²) in [6.07, 6.45) is 1.63. The van der Waals surface area contributed by atoms with Crippen LogP contribution in [0.5, 0.6) is 0 Å². The van der Waals surface area contributed by atoms with Crippen molar-refractivity contribution < 1.29 is 9.59 Å². The molecule has 0 saturated heterocycles. The molecule has 2 aromatic carbocycles. The van der Waals surface area contributed by atoms with E-state index in [9.17, 15) is 9.59 Å². The Labute approximate surface area is 145 Å². The largest absolute Gasteiger partial charge is 0.354 e. The van der Waals surface area contributed by atoms with E-state index in [0.717, 1.165) is 16.7 Å². The van der Waals surface area contributed by atoms with Crippen molar-refractivity contribution in [3.8, 4) is 11.1 Å². The molecule has 0 aliphatic carbocycles. The Morgan fingerprint density at radius 1 is 1.00 bits per heavy atom. The van der Waals surface area contributed by atoms with Gasteiger partial charge in [0.15, 0.2) is 0 Å². The van der Waals surface area contributed by atoms with Gasteiger partial charge in [-0.15, -0.1) is 0 Å². The Balaban J connectivity index is 1.66. The van der Waals surface area contributed by atoms with Crippen molar-refractivity contribution in [3.63, 3.8) is 0 Å². The monoisotopic (exact) mass is 334 g/mol. The fourth-order valence-electron chi connectivity index (χ4n) is 2.50. The van der Waals surface area contributed by atoms with Gasteiger partial charge in [0.25, 0.3) is 5.91 Å². The van der Waals surface area contributed by atoms with Crippen LogP contribution in [0.15, 0.2) is 60.8 Å². The second kappa shape index (κ2) is 7.44. The van der Waals surface area contributed by atoms with Crippen LogP contribution >= 0.6 is 0 Å². The maximum Gasteiger partial charge on any atom is 0.271 e. The number of nitrogens with zero attached hydrogens (tertiary/aromatic N) is 1. The summed E-state index contributed by atoms with van der Waals surface area (Å²) >= 11 is 0. The number of rotatable bonds is 5. The predicted octanol–water partition coefficient (Wildman–Crippen LogP) is 2.62. The molecule has 126 valence electrons. The summed E-state index contributed by atoms with van der Waals surface area (Å²) in [6.45, 7) is 0. The molecule has 6 nitrogen and oxygen atoms in total. The molecular formula is C19H18N4O2. The van der Waals surface area contributed by atoms with Crippen LogP contribution in [0.1, 0.15) is 16.1 Å². The zero-order valence-electron chi connectivity index (χ0n) is 13.7. The first kappa shape index (κ1) is 16.4. The van der Waals surface area contributed by atoms with Crippen LogP contribution in [-0.2, 0) is 11.2 Å². The minimum absolute atomic E-state index is 0.209. The van der Waals surface area contributed by atoms with Crippen LogP contribution in [0, 0.1) is 0 Å². The lowest BCUT2D eigenvalue weighted by Gasteiger charge is -2.06. The first-order valence-electron chi connectivity index (χ1n) is 7.87. The van der Waals surface area contributed by atoms with E-state index in [-0.39, 0.29) is 23.9 Å². The van der Waals surface area contributed by atoms with E-state index in [2.05, 4.69) is 20.8 Å². The van der Waals surface area contributed by atoms with Crippen LogP contribution in [-0.4, -0.2) is 29.1 Å². The van der Waals surface area contributed by atoms with Gasteiger partial charge in [0, 0.05) is 7.05 Å². The van der Waals surface area contributed by atoms with Gasteiger partial charge in [0.2, 0.25) is 5.91 Å². The molecule has 0 atom stereocenters. The first-order valence-corrected chi connectivity index (χ1v) is 7.87. The summed E-state index contributed by atoms with van der Waals surface area (Å²) in [7, 11) is 1.52. The van der Waals surface area contributed by atoms with Gasteiger partial charge in [-0.3, -0.25) is 14.7 Å². The maximum absolute atomic E-state index is 12.2. The highest BCUT2D eigenvalue weighted by Crippen LogP contribution is 2.19. The number of hydrogen-bond donors (Lipinski definition) is 3. The molecule has 3 aromatic rings. The number of anilines is 1. The normalized spacial score (nSPS) is 10.3. The molecule has 25 heavy (non-hydrogen) atoms. The molecule has 0 radical (unpaired) electrons. The number of carbonyl (C=O) groups is 2. The highest BCUT2D eigenvalue weighted by atomic mass is 16.2. The molecule has 0 saturated carbocycles. The lowest BCUT2D eigenvalue weighted by Crippen LogP contribution is -2.22. The Kier molecular flexibility index (Phi) is 4.89. The smallest absolute Gasteiger partial charge is 0.271 e. The number of benzene rings is 2. The van der Waals surface area contributed by atoms with Crippen molar-refractivity contribution in [1.29, 1.82) is 0 Å². The van der Waals surface area contributed by atoms with E-state index in [1.165, 1.54) is 13.2 Å². The number of hydrogen-bond acceptors (Lipinski definition) is 3. The zero-order chi connectivity index (χ0) is 17.6. The molecule has 1 aromatic heterocycles. The Morgan fingerprint density at radius 3 is 2.36 bits per heavy atom. The number of carbonyl (C=O) groups excluding carboxylic acids is 2. The summed E-state index contributed by atoms with van der Waals surface area (Å²) in [6, 6.07) is 17.9. The summed E-state index contributed by atoms with van der Waals surface area (Å²) < 4.78 is 0. The summed E-state index contributed by atoms with van der Waals surface area (Å²) in [5.74, 6) is -0.543. The third kappa shape index (κ3) is 3.92. The van der Waals surface area contributed by atoms with Gasteiger partial charge < -0.3 is 10.6 Å². The Hall–Kier alpha value is -3.41. The van der Waals surface area contributed by atoms with Gasteiger partial charge in [-0.05, 0) is 16.7 Å².